The van der Waals surface area contributed by atoms with Gasteiger partial charge in [-0.15, -0.1) is 0 Å². The number of carbonyl (C=O) groups excluding carboxylic acids is 2. The van der Waals surface area contributed by atoms with Gasteiger partial charge in [0.05, 0.1) is 0 Å². The summed E-state index contributed by atoms with van der Waals surface area (Å²) in [6, 6.07) is 16.8. The number of ketones is 1. The van der Waals surface area contributed by atoms with Gasteiger partial charge in [-0.3, -0.25) is 9.59 Å². The molecule has 0 radical (unpaired) electrons. The van der Waals surface area contributed by atoms with Crippen molar-refractivity contribution in [3.05, 3.63) is 77.1 Å². The number of aliphatic hydroxyl groups is 1. The molecule has 0 heterocycles. The first-order chi connectivity index (χ1) is 11.0. The highest BCUT2D eigenvalue weighted by molar-refractivity contribution is 6.10. The summed E-state index contributed by atoms with van der Waals surface area (Å²) in [4.78, 5) is 24.1. The number of anilines is 1. The summed E-state index contributed by atoms with van der Waals surface area (Å²) in [5, 5.41) is 20.6. The molecule has 5 nitrogen and oxygen atoms in total. The lowest BCUT2D eigenvalue weighted by Crippen LogP contribution is -2.15. The molecule has 5 heteroatoms. The summed E-state index contributed by atoms with van der Waals surface area (Å²) in [7, 11) is 0. The van der Waals surface area contributed by atoms with E-state index in [1.165, 1.54) is 6.92 Å². The Balaban J connectivity index is 2.15. The number of nitriles is 1. The number of rotatable bonds is 4. The van der Waals surface area contributed by atoms with Gasteiger partial charge < -0.3 is 10.4 Å². The van der Waals surface area contributed by atoms with Gasteiger partial charge in [0.15, 0.2) is 11.4 Å². The van der Waals surface area contributed by atoms with Crippen molar-refractivity contribution in [3.8, 4) is 6.07 Å². The Kier molecular flexibility index (Phi) is 4.90. The highest BCUT2D eigenvalue weighted by Crippen LogP contribution is 2.15. The molecule has 2 aromatic rings. The van der Waals surface area contributed by atoms with Crippen LogP contribution in [0.25, 0.3) is 0 Å². The van der Waals surface area contributed by atoms with Crippen molar-refractivity contribution in [3.63, 3.8) is 0 Å². The van der Waals surface area contributed by atoms with Crippen LogP contribution in [-0.2, 0) is 4.79 Å². The number of carbonyl (C=O) groups is 2. The molecule has 0 aliphatic carbocycles. The third-order valence-electron chi connectivity index (χ3n) is 3.14. The standard InChI is InChI=1S/C18H14N2O3/c1-12(21)16(11-19)18(23)20-15-9-7-14(8-10-15)17(22)13-5-3-2-4-6-13/h2-10,21H,1H3,(H,20,23)/b16-12-. The van der Waals surface area contributed by atoms with Gasteiger partial charge in [0.25, 0.3) is 5.91 Å². The highest BCUT2D eigenvalue weighted by Gasteiger charge is 2.13. The number of nitrogens with one attached hydrogen (secondary N) is 1. The fourth-order valence-electron chi connectivity index (χ4n) is 1.95. The van der Waals surface area contributed by atoms with Gasteiger partial charge >= 0.3 is 0 Å². The first-order valence-electron chi connectivity index (χ1n) is 6.84. The summed E-state index contributed by atoms with van der Waals surface area (Å²) in [5.74, 6) is -1.16. The van der Waals surface area contributed by atoms with Crippen LogP contribution < -0.4 is 5.32 Å². The predicted molar refractivity (Wildman–Crippen MR) is 85.9 cm³/mol. The molecule has 114 valence electrons. The zero-order valence-electron chi connectivity index (χ0n) is 12.4. The topological polar surface area (TPSA) is 90.2 Å². The van der Waals surface area contributed by atoms with Crippen LogP contribution >= 0.6 is 0 Å². The number of allylic oxidation sites excluding steroid dienone is 1. The fourth-order valence-corrected chi connectivity index (χ4v) is 1.95. The number of hydrogen-bond acceptors (Lipinski definition) is 4. The number of aliphatic hydroxyl groups excluding tert-OH is 1. The molecular formula is C18H14N2O3. The maximum Gasteiger partial charge on any atom is 0.269 e. The molecule has 0 saturated heterocycles. The van der Waals surface area contributed by atoms with E-state index in [-0.39, 0.29) is 17.1 Å². The van der Waals surface area contributed by atoms with Crippen molar-refractivity contribution >= 4 is 17.4 Å². The summed E-state index contributed by atoms with van der Waals surface area (Å²) in [6.45, 7) is 1.26. The predicted octanol–water partition coefficient (Wildman–Crippen LogP) is 3.21. The van der Waals surface area contributed by atoms with E-state index in [2.05, 4.69) is 5.32 Å². The van der Waals surface area contributed by atoms with Gasteiger partial charge in [0.2, 0.25) is 0 Å². The molecule has 0 bridgehead atoms. The second-order valence-corrected chi connectivity index (χ2v) is 4.80. The van der Waals surface area contributed by atoms with Gasteiger partial charge in [-0.25, -0.2) is 0 Å². The third-order valence-corrected chi connectivity index (χ3v) is 3.14. The highest BCUT2D eigenvalue weighted by atomic mass is 16.3. The maximum absolute atomic E-state index is 12.3. The number of amides is 1. The quantitative estimate of drug-likeness (QED) is 0.393. The van der Waals surface area contributed by atoms with Crippen molar-refractivity contribution in [2.75, 3.05) is 5.32 Å². The van der Waals surface area contributed by atoms with Gasteiger partial charge in [0.1, 0.15) is 11.8 Å². The number of benzene rings is 2. The van der Waals surface area contributed by atoms with E-state index < -0.39 is 5.91 Å². The molecule has 2 N–H and O–H groups in total. The molecule has 0 aliphatic heterocycles. The van der Waals surface area contributed by atoms with E-state index in [9.17, 15) is 14.7 Å². The van der Waals surface area contributed by atoms with Crippen LogP contribution in [0.1, 0.15) is 22.8 Å². The summed E-state index contributed by atoms with van der Waals surface area (Å²) in [5.41, 5.74) is 1.14. The summed E-state index contributed by atoms with van der Waals surface area (Å²) >= 11 is 0. The molecule has 0 saturated carbocycles. The Labute approximate surface area is 133 Å². The lowest BCUT2D eigenvalue weighted by molar-refractivity contribution is -0.112. The van der Waals surface area contributed by atoms with Crippen LogP contribution in [0.2, 0.25) is 0 Å². The average Bonchev–Trinajstić information content (AvgIpc) is 2.56. The van der Waals surface area contributed by atoms with Crippen molar-refractivity contribution < 1.29 is 14.7 Å². The van der Waals surface area contributed by atoms with Gasteiger partial charge in [-0.2, -0.15) is 5.26 Å². The van der Waals surface area contributed by atoms with E-state index in [1.54, 1.807) is 54.6 Å². The molecular weight excluding hydrogens is 292 g/mol. The smallest absolute Gasteiger partial charge is 0.269 e. The number of hydrogen-bond donors (Lipinski definition) is 2. The Hall–Kier alpha value is -3.39. The molecule has 0 aromatic heterocycles. The minimum atomic E-state index is -0.699. The fraction of sp³-hybridized carbons (Fsp3) is 0.0556. The monoisotopic (exact) mass is 306 g/mol. The minimum absolute atomic E-state index is 0.118. The summed E-state index contributed by atoms with van der Waals surface area (Å²) in [6.07, 6.45) is 0. The Morgan fingerprint density at radius 3 is 2.09 bits per heavy atom. The molecule has 1 amide bonds. The second kappa shape index (κ2) is 7.05. The first kappa shape index (κ1) is 16.0. The normalized spacial score (nSPS) is 11.1. The molecule has 0 spiro atoms. The lowest BCUT2D eigenvalue weighted by Gasteiger charge is -2.06. The second-order valence-electron chi connectivity index (χ2n) is 4.80. The maximum atomic E-state index is 12.3. The van der Waals surface area contributed by atoms with E-state index in [0.29, 0.717) is 16.8 Å². The molecule has 0 unspecified atom stereocenters. The Morgan fingerprint density at radius 2 is 1.57 bits per heavy atom. The molecule has 23 heavy (non-hydrogen) atoms. The molecule has 2 aromatic carbocycles. The van der Waals surface area contributed by atoms with Gasteiger partial charge in [-0.1, -0.05) is 30.3 Å². The van der Waals surface area contributed by atoms with E-state index in [1.807, 2.05) is 6.07 Å². The van der Waals surface area contributed by atoms with Crippen LogP contribution in [0.5, 0.6) is 0 Å². The molecule has 0 fully saturated rings. The largest absolute Gasteiger partial charge is 0.511 e. The van der Waals surface area contributed by atoms with Crippen LogP contribution in [0.4, 0.5) is 5.69 Å². The third kappa shape index (κ3) is 3.83. The Morgan fingerprint density at radius 1 is 1.00 bits per heavy atom. The van der Waals surface area contributed by atoms with Crippen molar-refractivity contribution in [1.82, 2.24) is 0 Å². The number of nitrogens with zero attached hydrogens (tertiary/aromatic N) is 1. The van der Waals surface area contributed by atoms with Crippen molar-refractivity contribution in [2.24, 2.45) is 0 Å². The van der Waals surface area contributed by atoms with E-state index in [0.717, 1.165) is 0 Å². The van der Waals surface area contributed by atoms with E-state index in [4.69, 9.17) is 5.26 Å². The van der Waals surface area contributed by atoms with Gasteiger partial charge in [-0.05, 0) is 31.2 Å². The molecule has 2 rings (SSSR count). The summed E-state index contributed by atoms with van der Waals surface area (Å²) < 4.78 is 0. The van der Waals surface area contributed by atoms with Crippen LogP contribution in [-0.4, -0.2) is 16.8 Å². The lowest BCUT2D eigenvalue weighted by atomic mass is 10.0. The minimum Gasteiger partial charge on any atom is -0.511 e. The van der Waals surface area contributed by atoms with E-state index >= 15 is 0 Å². The first-order valence-corrected chi connectivity index (χ1v) is 6.84. The van der Waals surface area contributed by atoms with Crippen LogP contribution in [0.3, 0.4) is 0 Å². The van der Waals surface area contributed by atoms with Crippen molar-refractivity contribution in [1.29, 1.82) is 5.26 Å². The Bertz CT molecular complexity index is 796. The molecule has 0 aliphatic rings. The zero-order chi connectivity index (χ0) is 16.8. The van der Waals surface area contributed by atoms with Crippen LogP contribution in [0, 0.1) is 11.3 Å². The van der Waals surface area contributed by atoms with Gasteiger partial charge in [0, 0.05) is 16.8 Å². The van der Waals surface area contributed by atoms with Crippen molar-refractivity contribution in [2.45, 2.75) is 6.92 Å². The van der Waals surface area contributed by atoms with Crippen LogP contribution in [0.15, 0.2) is 65.9 Å². The molecule has 0 atom stereocenters. The zero-order valence-corrected chi connectivity index (χ0v) is 12.4. The SMILES string of the molecule is C/C(O)=C(\C#N)C(=O)Nc1ccc(C(=O)c2ccccc2)cc1. The average molecular weight is 306 g/mol.